The Kier molecular flexibility index (Phi) is 3.57. The van der Waals surface area contributed by atoms with Gasteiger partial charge >= 0.3 is 0 Å². The van der Waals surface area contributed by atoms with Gasteiger partial charge in [-0.15, -0.1) is 0 Å². The van der Waals surface area contributed by atoms with Crippen molar-refractivity contribution >= 4 is 27.3 Å². The third-order valence-corrected chi connectivity index (χ3v) is 4.05. The summed E-state index contributed by atoms with van der Waals surface area (Å²) in [5.74, 6) is 0. The first kappa shape index (κ1) is 12.3. The van der Waals surface area contributed by atoms with Crippen molar-refractivity contribution in [3.8, 4) is 0 Å². The van der Waals surface area contributed by atoms with Crippen LogP contribution in [0.4, 0.5) is 5.69 Å². The molecule has 0 spiro atoms. The van der Waals surface area contributed by atoms with Gasteiger partial charge in [0.1, 0.15) is 5.15 Å². The van der Waals surface area contributed by atoms with Gasteiger partial charge in [-0.05, 0) is 32.4 Å². The predicted octanol–water partition coefficient (Wildman–Crippen LogP) is 2.19. The minimum atomic E-state index is -3.31. The Labute approximate surface area is 94.7 Å². The van der Waals surface area contributed by atoms with Gasteiger partial charge in [-0.2, -0.15) is 0 Å². The predicted molar refractivity (Wildman–Crippen MR) is 61.7 cm³/mol. The summed E-state index contributed by atoms with van der Waals surface area (Å²) in [6, 6.07) is 1.65. The molecule has 1 aromatic rings. The quantitative estimate of drug-likeness (QED) is 0.835. The number of aryl methyl sites for hydroxylation is 1. The molecule has 0 bridgehead atoms. The second kappa shape index (κ2) is 4.37. The van der Waals surface area contributed by atoms with E-state index in [2.05, 4.69) is 9.71 Å². The van der Waals surface area contributed by atoms with Crippen LogP contribution in [-0.2, 0) is 10.0 Å². The first-order chi connectivity index (χ1) is 6.83. The van der Waals surface area contributed by atoms with Gasteiger partial charge in [-0.3, -0.25) is 4.72 Å². The Hall–Kier alpha value is -0.810. The molecule has 0 aromatic carbocycles. The van der Waals surface area contributed by atoms with E-state index in [-0.39, 0.29) is 0 Å². The number of sulfonamides is 1. The number of hydrogen-bond donors (Lipinski definition) is 1. The number of rotatable bonds is 3. The second-order valence-corrected chi connectivity index (χ2v) is 6.12. The van der Waals surface area contributed by atoms with Crippen LogP contribution in [0.1, 0.15) is 19.4 Å². The number of halogens is 1. The Morgan fingerprint density at radius 2 is 2.07 bits per heavy atom. The van der Waals surface area contributed by atoms with Crippen molar-refractivity contribution in [3.63, 3.8) is 0 Å². The average Bonchev–Trinajstić information content (AvgIpc) is 2.10. The van der Waals surface area contributed by atoms with Crippen molar-refractivity contribution < 1.29 is 8.42 Å². The van der Waals surface area contributed by atoms with Gasteiger partial charge in [0.2, 0.25) is 10.0 Å². The molecular formula is C9H13ClN2O2S. The van der Waals surface area contributed by atoms with E-state index in [1.807, 2.05) is 0 Å². The molecule has 0 atom stereocenters. The highest BCUT2D eigenvalue weighted by molar-refractivity contribution is 7.93. The van der Waals surface area contributed by atoms with Crippen LogP contribution >= 0.6 is 11.6 Å². The zero-order valence-electron chi connectivity index (χ0n) is 8.78. The van der Waals surface area contributed by atoms with Gasteiger partial charge in [-0.1, -0.05) is 11.6 Å². The molecule has 0 aliphatic heterocycles. The van der Waals surface area contributed by atoms with E-state index in [9.17, 15) is 8.42 Å². The molecule has 84 valence electrons. The van der Waals surface area contributed by atoms with Gasteiger partial charge in [0, 0.05) is 0 Å². The van der Waals surface area contributed by atoms with Gasteiger partial charge < -0.3 is 0 Å². The van der Waals surface area contributed by atoms with Crippen molar-refractivity contribution in [2.45, 2.75) is 26.0 Å². The van der Waals surface area contributed by atoms with Gasteiger partial charge in [0.25, 0.3) is 0 Å². The first-order valence-corrected chi connectivity index (χ1v) is 6.39. The first-order valence-electron chi connectivity index (χ1n) is 4.46. The van der Waals surface area contributed by atoms with Crippen molar-refractivity contribution in [2.24, 2.45) is 0 Å². The molecule has 1 aromatic heterocycles. The molecule has 0 aliphatic rings. The molecular weight excluding hydrogens is 236 g/mol. The maximum atomic E-state index is 11.5. The van der Waals surface area contributed by atoms with Crippen LogP contribution < -0.4 is 4.72 Å². The summed E-state index contributed by atoms with van der Waals surface area (Å²) in [5, 5.41) is -0.101. The fourth-order valence-electron chi connectivity index (χ4n) is 0.896. The van der Waals surface area contributed by atoms with E-state index in [0.717, 1.165) is 5.56 Å². The molecule has 1 heterocycles. The third kappa shape index (κ3) is 3.07. The van der Waals surface area contributed by atoms with Crippen LogP contribution in [0, 0.1) is 6.92 Å². The van der Waals surface area contributed by atoms with Crippen LogP contribution in [0.2, 0.25) is 5.15 Å². The van der Waals surface area contributed by atoms with Gasteiger partial charge in [0.15, 0.2) is 0 Å². The summed E-state index contributed by atoms with van der Waals surface area (Å²) < 4.78 is 25.5. The summed E-state index contributed by atoms with van der Waals surface area (Å²) in [4.78, 5) is 3.86. The monoisotopic (exact) mass is 248 g/mol. The van der Waals surface area contributed by atoms with Gasteiger partial charge in [-0.25, -0.2) is 13.4 Å². The lowest BCUT2D eigenvalue weighted by Gasteiger charge is -2.10. The number of nitrogens with one attached hydrogen (secondary N) is 1. The van der Waals surface area contributed by atoms with E-state index < -0.39 is 15.3 Å². The second-order valence-electron chi connectivity index (χ2n) is 3.53. The number of pyridine rings is 1. The molecule has 0 aliphatic carbocycles. The topological polar surface area (TPSA) is 59.1 Å². The highest BCUT2D eigenvalue weighted by Crippen LogP contribution is 2.17. The van der Waals surface area contributed by atoms with E-state index >= 15 is 0 Å². The molecule has 0 amide bonds. The van der Waals surface area contributed by atoms with Crippen molar-refractivity contribution in [2.75, 3.05) is 4.72 Å². The number of anilines is 1. The molecule has 0 unspecified atom stereocenters. The summed E-state index contributed by atoms with van der Waals surface area (Å²) in [5.41, 5.74) is 1.17. The van der Waals surface area contributed by atoms with E-state index in [4.69, 9.17) is 11.6 Å². The average molecular weight is 249 g/mol. The lowest BCUT2D eigenvalue weighted by molar-refractivity contribution is 0.593. The lowest BCUT2D eigenvalue weighted by Crippen LogP contribution is -2.22. The molecule has 0 saturated heterocycles. The summed E-state index contributed by atoms with van der Waals surface area (Å²) >= 11 is 5.73. The Morgan fingerprint density at radius 3 is 2.53 bits per heavy atom. The Balaban J connectivity index is 2.96. The lowest BCUT2D eigenvalue weighted by atomic mass is 10.3. The minimum absolute atomic E-state index is 0.377. The smallest absolute Gasteiger partial charge is 0.235 e. The van der Waals surface area contributed by atoms with E-state index in [1.165, 1.54) is 6.20 Å². The highest BCUT2D eigenvalue weighted by Gasteiger charge is 2.15. The minimum Gasteiger partial charge on any atom is -0.282 e. The normalized spacial score (nSPS) is 11.8. The van der Waals surface area contributed by atoms with Crippen LogP contribution in [0.3, 0.4) is 0 Å². The largest absolute Gasteiger partial charge is 0.282 e. The third-order valence-electron chi connectivity index (χ3n) is 1.90. The summed E-state index contributed by atoms with van der Waals surface area (Å²) in [6.45, 7) is 4.99. The number of hydrogen-bond acceptors (Lipinski definition) is 3. The summed E-state index contributed by atoms with van der Waals surface area (Å²) in [6.07, 6.45) is 1.40. The molecule has 0 radical (unpaired) electrons. The maximum absolute atomic E-state index is 11.5. The van der Waals surface area contributed by atoms with Crippen LogP contribution in [0.15, 0.2) is 12.3 Å². The van der Waals surface area contributed by atoms with E-state index in [1.54, 1.807) is 26.8 Å². The summed E-state index contributed by atoms with van der Waals surface area (Å²) in [7, 11) is -3.31. The van der Waals surface area contributed by atoms with Crippen LogP contribution in [0.5, 0.6) is 0 Å². The standard InChI is InChI=1S/C9H13ClN2O2S/c1-6(2)15(13,14)12-8-4-7(3)9(10)11-5-8/h4-6,12H,1-3H3. The highest BCUT2D eigenvalue weighted by atomic mass is 35.5. The zero-order valence-corrected chi connectivity index (χ0v) is 10.4. The zero-order chi connectivity index (χ0) is 11.6. The molecule has 6 heteroatoms. The van der Waals surface area contributed by atoms with Crippen LogP contribution in [-0.4, -0.2) is 18.7 Å². The number of nitrogens with zero attached hydrogens (tertiary/aromatic N) is 1. The molecule has 0 saturated carbocycles. The fraction of sp³-hybridized carbons (Fsp3) is 0.444. The van der Waals surface area contributed by atoms with Crippen molar-refractivity contribution in [1.82, 2.24) is 4.98 Å². The fourth-order valence-corrected chi connectivity index (χ4v) is 1.68. The Bertz CT molecular complexity index is 457. The van der Waals surface area contributed by atoms with Crippen LogP contribution in [0.25, 0.3) is 0 Å². The van der Waals surface area contributed by atoms with Gasteiger partial charge in [0.05, 0.1) is 17.1 Å². The molecule has 15 heavy (non-hydrogen) atoms. The molecule has 1 rings (SSSR count). The maximum Gasteiger partial charge on any atom is 0.235 e. The van der Waals surface area contributed by atoms with Crippen molar-refractivity contribution in [3.05, 3.63) is 23.0 Å². The molecule has 4 nitrogen and oxygen atoms in total. The Morgan fingerprint density at radius 1 is 1.47 bits per heavy atom. The SMILES string of the molecule is Cc1cc(NS(=O)(=O)C(C)C)cnc1Cl. The van der Waals surface area contributed by atoms with Crippen molar-refractivity contribution in [1.29, 1.82) is 0 Å². The number of aromatic nitrogens is 1. The molecule has 0 fully saturated rings. The van der Waals surface area contributed by atoms with E-state index in [0.29, 0.717) is 10.8 Å². The molecule has 1 N–H and O–H groups in total.